The Morgan fingerprint density at radius 2 is 2.24 bits per heavy atom. The zero-order valence-electron chi connectivity index (χ0n) is 9.06. The maximum atomic E-state index is 9.55. The van der Waals surface area contributed by atoms with Gasteiger partial charge in [0.1, 0.15) is 23.4 Å². The molecule has 1 aromatic heterocycles. The van der Waals surface area contributed by atoms with Crippen LogP contribution in [0.1, 0.15) is 5.56 Å². The van der Waals surface area contributed by atoms with E-state index in [1.165, 1.54) is 19.2 Å². The van der Waals surface area contributed by atoms with Crippen molar-refractivity contribution >= 4 is 5.82 Å². The van der Waals surface area contributed by atoms with Crippen LogP contribution in [0, 0.1) is 11.3 Å². The molecule has 0 radical (unpaired) electrons. The molecule has 0 aliphatic carbocycles. The van der Waals surface area contributed by atoms with Gasteiger partial charge in [0.15, 0.2) is 0 Å². The summed E-state index contributed by atoms with van der Waals surface area (Å²) in [5, 5.41) is 24.9. The van der Waals surface area contributed by atoms with Crippen molar-refractivity contribution in [2.75, 3.05) is 12.8 Å². The number of methoxy groups -OCH3 is 1. The summed E-state index contributed by atoms with van der Waals surface area (Å²) in [6, 6.07) is 6.41. The number of aromatic amines is 1. The quantitative estimate of drug-likeness (QED) is 0.719. The molecule has 0 saturated heterocycles. The molecule has 4 N–H and O–H groups in total. The second-order valence-electron chi connectivity index (χ2n) is 3.39. The molecule has 0 fully saturated rings. The van der Waals surface area contributed by atoms with Gasteiger partial charge in [0.2, 0.25) is 0 Å². The monoisotopic (exact) mass is 230 g/mol. The number of aromatic hydroxyl groups is 1. The highest BCUT2D eigenvalue weighted by atomic mass is 16.5. The fraction of sp³-hybridized carbons (Fsp3) is 0.0909. The van der Waals surface area contributed by atoms with Crippen LogP contribution in [0.25, 0.3) is 11.3 Å². The van der Waals surface area contributed by atoms with Gasteiger partial charge in [-0.05, 0) is 6.07 Å². The minimum absolute atomic E-state index is 0.124. The molecule has 6 nitrogen and oxygen atoms in total. The summed E-state index contributed by atoms with van der Waals surface area (Å²) in [7, 11) is 1.48. The summed E-state index contributed by atoms with van der Waals surface area (Å²) >= 11 is 0. The Hall–Kier alpha value is -2.68. The molecule has 17 heavy (non-hydrogen) atoms. The Labute approximate surface area is 97.3 Å². The minimum Gasteiger partial charge on any atom is -0.506 e. The van der Waals surface area contributed by atoms with Gasteiger partial charge >= 0.3 is 0 Å². The third-order valence-electron chi connectivity index (χ3n) is 2.33. The van der Waals surface area contributed by atoms with E-state index in [1.54, 1.807) is 6.07 Å². The van der Waals surface area contributed by atoms with E-state index < -0.39 is 0 Å². The van der Waals surface area contributed by atoms with Crippen LogP contribution in [0.3, 0.4) is 0 Å². The van der Waals surface area contributed by atoms with E-state index in [-0.39, 0.29) is 11.3 Å². The number of nitrogens with two attached hydrogens (primary N) is 1. The number of nitrogens with one attached hydrogen (secondary N) is 1. The van der Waals surface area contributed by atoms with Crippen LogP contribution < -0.4 is 10.5 Å². The highest BCUT2D eigenvalue weighted by Gasteiger charge is 2.13. The Balaban J connectivity index is 2.64. The van der Waals surface area contributed by atoms with Gasteiger partial charge in [-0.3, -0.25) is 5.10 Å². The highest BCUT2D eigenvalue weighted by Crippen LogP contribution is 2.34. The van der Waals surface area contributed by atoms with Crippen molar-refractivity contribution in [3.8, 4) is 28.8 Å². The van der Waals surface area contributed by atoms with Gasteiger partial charge in [-0.1, -0.05) is 0 Å². The number of ether oxygens (including phenoxy) is 1. The first-order chi connectivity index (χ1) is 8.15. The van der Waals surface area contributed by atoms with Gasteiger partial charge in [-0.15, -0.1) is 0 Å². The molecule has 0 amide bonds. The van der Waals surface area contributed by atoms with E-state index in [0.717, 1.165) is 0 Å². The Kier molecular flexibility index (Phi) is 2.58. The van der Waals surface area contributed by atoms with Crippen LogP contribution in [0.15, 0.2) is 18.2 Å². The summed E-state index contributed by atoms with van der Waals surface area (Å²) in [5.74, 6) is 0.652. The molecule has 0 aliphatic rings. The van der Waals surface area contributed by atoms with Gasteiger partial charge in [0.05, 0.1) is 18.4 Å². The molecular weight excluding hydrogens is 220 g/mol. The highest BCUT2D eigenvalue weighted by molar-refractivity contribution is 5.72. The van der Waals surface area contributed by atoms with Crippen molar-refractivity contribution in [3.63, 3.8) is 0 Å². The molecule has 0 atom stereocenters. The van der Waals surface area contributed by atoms with Crippen molar-refractivity contribution < 1.29 is 9.84 Å². The lowest BCUT2D eigenvalue weighted by Gasteiger charge is -2.08. The molecule has 1 aromatic carbocycles. The number of nitrogens with zero attached hydrogens (tertiary/aromatic N) is 2. The summed E-state index contributed by atoms with van der Waals surface area (Å²) in [6.07, 6.45) is 0. The summed E-state index contributed by atoms with van der Waals surface area (Å²) in [6.45, 7) is 0. The van der Waals surface area contributed by atoms with Gasteiger partial charge in [0, 0.05) is 17.7 Å². The first-order valence-corrected chi connectivity index (χ1v) is 4.78. The van der Waals surface area contributed by atoms with Crippen LogP contribution in [0.5, 0.6) is 11.5 Å². The van der Waals surface area contributed by atoms with Crippen LogP contribution in [-0.2, 0) is 0 Å². The molecular formula is C11H10N4O2. The average Bonchev–Trinajstić information content (AvgIpc) is 2.75. The summed E-state index contributed by atoms with van der Waals surface area (Å²) in [5.41, 5.74) is 6.91. The van der Waals surface area contributed by atoms with Crippen LogP contribution >= 0.6 is 0 Å². The molecule has 6 heteroatoms. The van der Waals surface area contributed by atoms with E-state index in [1.807, 2.05) is 6.07 Å². The third-order valence-corrected chi connectivity index (χ3v) is 2.33. The van der Waals surface area contributed by atoms with Crippen molar-refractivity contribution in [1.82, 2.24) is 10.2 Å². The van der Waals surface area contributed by atoms with Gasteiger partial charge in [-0.25, -0.2) is 0 Å². The Morgan fingerprint density at radius 1 is 1.47 bits per heavy atom. The van der Waals surface area contributed by atoms with Crippen molar-refractivity contribution in [2.45, 2.75) is 0 Å². The van der Waals surface area contributed by atoms with Crippen molar-refractivity contribution in [1.29, 1.82) is 5.26 Å². The second-order valence-corrected chi connectivity index (χ2v) is 3.39. The second kappa shape index (κ2) is 4.06. The molecule has 1 heterocycles. The van der Waals surface area contributed by atoms with Crippen molar-refractivity contribution in [2.24, 2.45) is 0 Å². The van der Waals surface area contributed by atoms with Crippen molar-refractivity contribution in [3.05, 3.63) is 23.8 Å². The molecule has 2 rings (SSSR count). The number of hydrogen-bond donors (Lipinski definition) is 3. The zero-order chi connectivity index (χ0) is 12.4. The summed E-state index contributed by atoms with van der Waals surface area (Å²) in [4.78, 5) is 0. The van der Waals surface area contributed by atoms with Gasteiger partial charge < -0.3 is 15.6 Å². The average molecular weight is 230 g/mol. The molecule has 0 unspecified atom stereocenters. The third kappa shape index (κ3) is 1.86. The normalized spacial score (nSPS) is 9.88. The van der Waals surface area contributed by atoms with Crippen LogP contribution in [-0.4, -0.2) is 22.4 Å². The maximum Gasteiger partial charge on any atom is 0.145 e. The number of hydrogen-bond acceptors (Lipinski definition) is 5. The van der Waals surface area contributed by atoms with E-state index in [2.05, 4.69) is 10.2 Å². The first-order valence-electron chi connectivity index (χ1n) is 4.78. The molecule has 0 aliphatic heterocycles. The number of nitriles is 1. The van der Waals surface area contributed by atoms with E-state index in [0.29, 0.717) is 22.8 Å². The predicted octanol–water partition coefficient (Wildman–Crippen LogP) is 1.24. The SMILES string of the molecule is COc1cc(O)c(C#N)cc1-c1cc(N)n[nH]1. The number of aromatic nitrogens is 2. The van der Waals surface area contributed by atoms with E-state index in [4.69, 9.17) is 15.7 Å². The number of benzene rings is 1. The lowest BCUT2D eigenvalue weighted by molar-refractivity contribution is 0.409. The lowest BCUT2D eigenvalue weighted by Crippen LogP contribution is -1.90. The smallest absolute Gasteiger partial charge is 0.145 e. The molecule has 0 spiro atoms. The standard InChI is InChI=1S/C11H10N4O2/c1-17-10-4-9(16)6(5-12)2-7(10)8-3-11(13)15-14-8/h2-4,16H,1H3,(H3,13,14,15). The number of nitrogen functional groups attached to an aromatic ring is 1. The minimum atomic E-state index is -0.124. The number of rotatable bonds is 2. The Bertz CT molecular complexity index is 598. The van der Waals surface area contributed by atoms with Gasteiger partial charge in [-0.2, -0.15) is 10.4 Å². The number of H-pyrrole nitrogens is 1. The first kappa shape index (κ1) is 10.8. The number of phenolic OH excluding ortho intramolecular Hbond substituents is 1. The fourth-order valence-electron chi connectivity index (χ4n) is 1.51. The zero-order valence-corrected chi connectivity index (χ0v) is 9.06. The predicted molar refractivity (Wildman–Crippen MR) is 61.4 cm³/mol. The Morgan fingerprint density at radius 3 is 2.76 bits per heavy atom. The molecule has 0 saturated carbocycles. The topological polar surface area (TPSA) is 108 Å². The van der Waals surface area contributed by atoms with E-state index >= 15 is 0 Å². The van der Waals surface area contributed by atoms with E-state index in [9.17, 15) is 5.11 Å². The lowest BCUT2D eigenvalue weighted by atomic mass is 10.1. The molecule has 0 bridgehead atoms. The largest absolute Gasteiger partial charge is 0.506 e. The molecule has 86 valence electrons. The van der Waals surface area contributed by atoms with Crippen LogP contribution in [0.2, 0.25) is 0 Å². The number of phenols is 1. The fourth-order valence-corrected chi connectivity index (χ4v) is 1.51. The maximum absolute atomic E-state index is 9.55. The number of anilines is 1. The van der Waals surface area contributed by atoms with Gasteiger partial charge in [0.25, 0.3) is 0 Å². The van der Waals surface area contributed by atoms with Crippen LogP contribution in [0.4, 0.5) is 5.82 Å². The molecule has 2 aromatic rings. The summed E-state index contributed by atoms with van der Waals surface area (Å²) < 4.78 is 5.13.